The molecule has 2 aliphatic rings. The number of benzene rings is 1. The Morgan fingerprint density at radius 2 is 1.76 bits per heavy atom. The number of morpholine rings is 1. The summed E-state index contributed by atoms with van der Waals surface area (Å²) in [7, 11) is 3.74. The number of quaternary nitrogens is 1. The molecule has 13 nitrogen and oxygen atoms in total. The highest BCUT2D eigenvalue weighted by Crippen LogP contribution is 2.26. The van der Waals surface area contributed by atoms with Crippen molar-refractivity contribution in [2.45, 2.75) is 70.5 Å². The molecule has 13 heteroatoms. The van der Waals surface area contributed by atoms with E-state index in [0.29, 0.717) is 26.1 Å². The number of Topliss-reactive ketones (excluding diaryl/α,β-unsaturated/α-hetero) is 1. The van der Waals surface area contributed by atoms with Crippen LogP contribution in [0.5, 0.6) is 0 Å². The van der Waals surface area contributed by atoms with Crippen molar-refractivity contribution in [1.29, 1.82) is 0 Å². The first-order valence-corrected chi connectivity index (χ1v) is 17.3. The van der Waals surface area contributed by atoms with Crippen molar-refractivity contribution in [3.63, 3.8) is 0 Å². The second kappa shape index (κ2) is 16.9. The number of H-pyrrole nitrogens is 1. The lowest BCUT2D eigenvalue weighted by atomic mass is 9.88. The Hall–Kier alpha value is -4.23. The molecule has 1 aromatic heterocycles. The second-order valence-corrected chi connectivity index (χ2v) is 14.1. The summed E-state index contributed by atoms with van der Waals surface area (Å²) >= 11 is 0. The van der Waals surface area contributed by atoms with Gasteiger partial charge in [0, 0.05) is 42.9 Å². The quantitative estimate of drug-likeness (QED) is 0.145. The van der Waals surface area contributed by atoms with Gasteiger partial charge < -0.3 is 40.2 Å². The minimum absolute atomic E-state index is 0.193. The summed E-state index contributed by atoms with van der Waals surface area (Å²) in [5, 5.41) is 19.0. The molecule has 5 N–H and O–H groups in total. The molecule has 1 unspecified atom stereocenters. The summed E-state index contributed by atoms with van der Waals surface area (Å²) in [5.74, 6) is -4.07. The van der Waals surface area contributed by atoms with E-state index < -0.39 is 60.0 Å². The van der Waals surface area contributed by atoms with E-state index in [-0.39, 0.29) is 30.9 Å². The van der Waals surface area contributed by atoms with Crippen molar-refractivity contribution in [2.24, 2.45) is 11.8 Å². The Bertz CT molecular complexity index is 1510. The molecule has 2 aromatic rings. The number of likely N-dealkylation sites (N-methyl/N-ethyl adjacent to an activating group) is 2. The van der Waals surface area contributed by atoms with Crippen LogP contribution in [0.1, 0.15) is 51.5 Å². The fourth-order valence-electron chi connectivity index (χ4n) is 6.94. The zero-order chi connectivity index (χ0) is 35.7. The first kappa shape index (κ1) is 37.6. The van der Waals surface area contributed by atoms with Gasteiger partial charge >= 0.3 is 0 Å². The van der Waals surface area contributed by atoms with Crippen LogP contribution in [0.3, 0.4) is 0 Å². The minimum Gasteiger partial charge on any atom is -0.513 e. The Balaban J connectivity index is 1.62. The summed E-state index contributed by atoms with van der Waals surface area (Å²) in [6, 6.07) is 4.59. The van der Waals surface area contributed by atoms with Crippen LogP contribution in [0.25, 0.3) is 10.9 Å². The van der Waals surface area contributed by atoms with E-state index in [0.717, 1.165) is 47.0 Å². The van der Waals surface area contributed by atoms with Crippen LogP contribution in [-0.4, -0.2) is 120 Å². The van der Waals surface area contributed by atoms with Crippen LogP contribution in [0.2, 0.25) is 0 Å². The maximum atomic E-state index is 14.3. The lowest BCUT2D eigenvalue weighted by Gasteiger charge is -2.37. The zero-order valence-corrected chi connectivity index (χ0v) is 29.3. The van der Waals surface area contributed by atoms with Crippen LogP contribution < -0.4 is 16.0 Å². The Morgan fingerprint density at radius 1 is 1.04 bits per heavy atom. The molecule has 49 heavy (non-hydrogen) atoms. The molecule has 0 radical (unpaired) electrons. The number of carbonyl (C=O) groups is 5. The van der Waals surface area contributed by atoms with E-state index in [1.165, 1.54) is 4.90 Å². The van der Waals surface area contributed by atoms with Gasteiger partial charge in [0.2, 0.25) is 23.6 Å². The van der Waals surface area contributed by atoms with E-state index in [1.54, 1.807) is 7.05 Å². The lowest BCUT2D eigenvalue weighted by molar-refractivity contribution is -0.917. The number of nitrogens with one attached hydrogen (secondary N) is 4. The maximum absolute atomic E-state index is 14.3. The van der Waals surface area contributed by atoms with Gasteiger partial charge in [-0.3, -0.25) is 24.0 Å². The monoisotopic (exact) mass is 681 g/mol. The molecule has 2 fully saturated rings. The molecule has 4 amide bonds. The highest BCUT2D eigenvalue weighted by atomic mass is 16.5. The molecule has 4 atom stereocenters. The Kier molecular flexibility index (Phi) is 13.0. The van der Waals surface area contributed by atoms with Gasteiger partial charge in [-0.1, -0.05) is 38.6 Å². The average molecular weight is 682 g/mol. The van der Waals surface area contributed by atoms with Crippen LogP contribution in [0.15, 0.2) is 42.8 Å². The Morgan fingerprint density at radius 3 is 2.45 bits per heavy atom. The smallest absolute Gasteiger partial charge is 0.243 e. The van der Waals surface area contributed by atoms with Gasteiger partial charge in [-0.15, -0.1) is 0 Å². The Labute approximate surface area is 288 Å². The molecule has 0 spiro atoms. The summed E-state index contributed by atoms with van der Waals surface area (Å²) in [6.45, 7) is 10.9. The van der Waals surface area contributed by atoms with Gasteiger partial charge in [-0.25, -0.2) is 0 Å². The molecule has 0 bridgehead atoms. The van der Waals surface area contributed by atoms with E-state index >= 15 is 0 Å². The predicted molar refractivity (Wildman–Crippen MR) is 185 cm³/mol. The van der Waals surface area contributed by atoms with Crippen molar-refractivity contribution < 1.29 is 38.3 Å². The van der Waals surface area contributed by atoms with E-state index in [9.17, 15) is 29.1 Å². The van der Waals surface area contributed by atoms with Crippen LogP contribution in [-0.2, 0) is 35.1 Å². The van der Waals surface area contributed by atoms with Gasteiger partial charge in [0.25, 0.3) is 0 Å². The number of aromatic amines is 1. The summed E-state index contributed by atoms with van der Waals surface area (Å²) in [5.41, 5.74) is 1.71. The third-order valence-electron chi connectivity index (χ3n) is 9.81. The molecule has 0 aliphatic carbocycles. The number of amides is 4. The SMILES string of the molecule is C=C(O)C[C@@H]1NC(=O)CNC(=O)C(CCCC[N+]2(C)CCOCC2)NC(=O)[C@H](C(C)C)N(C)C(=O)[C@@H](Cc2c[nH]c3ccccc23)CC1=O. The molecule has 1 aromatic carbocycles. The highest BCUT2D eigenvalue weighted by molar-refractivity contribution is 5.97. The summed E-state index contributed by atoms with van der Waals surface area (Å²) < 4.78 is 6.39. The highest BCUT2D eigenvalue weighted by Gasteiger charge is 2.38. The number of hydrogen-bond acceptors (Lipinski definition) is 7. The van der Waals surface area contributed by atoms with Crippen LogP contribution in [0, 0.1) is 11.8 Å². The third-order valence-corrected chi connectivity index (χ3v) is 9.81. The lowest BCUT2D eigenvalue weighted by Crippen LogP contribution is -2.57. The van der Waals surface area contributed by atoms with E-state index in [2.05, 4.69) is 34.6 Å². The first-order valence-electron chi connectivity index (χ1n) is 17.3. The third kappa shape index (κ3) is 10.1. The summed E-state index contributed by atoms with van der Waals surface area (Å²) in [6.07, 6.45) is 3.32. The topological polar surface area (TPSA) is 170 Å². The first-order chi connectivity index (χ1) is 23.3. The van der Waals surface area contributed by atoms with Crippen LogP contribution >= 0.6 is 0 Å². The van der Waals surface area contributed by atoms with Gasteiger partial charge in [-0.05, 0) is 43.2 Å². The fraction of sp³-hybridized carbons (Fsp3) is 0.583. The molecule has 268 valence electrons. The van der Waals surface area contributed by atoms with Gasteiger partial charge in [0.05, 0.1) is 45.2 Å². The number of unbranched alkanes of at least 4 members (excludes halogenated alkanes) is 1. The fourth-order valence-corrected chi connectivity index (χ4v) is 6.94. The number of aliphatic hydroxyl groups excluding tert-OH is 1. The molecule has 3 heterocycles. The number of ketones is 1. The van der Waals surface area contributed by atoms with E-state index in [4.69, 9.17) is 4.74 Å². The largest absolute Gasteiger partial charge is 0.513 e. The number of nitrogens with zero attached hydrogens (tertiary/aromatic N) is 2. The molecular weight excluding hydrogens is 628 g/mol. The molecule has 0 saturated carbocycles. The number of aliphatic hydroxyl groups is 1. The van der Waals surface area contributed by atoms with Crippen LogP contribution in [0.4, 0.5) is 0 Å². The number of rotatable bonds is 10. The molecule has 4 rings (SSSR count). The minimum atomic E-state index is -1.17. The van der Waals surface area contributed by atoms with Crippen molar-refractivity contribution >= 4 is 40.3 Å². The number of hydrogen-bond donors (Lipinski definition) is 5. The number of ether oxygens (including phenoxy) is 1. The normalized spacial score (nSPS) is 24.6. The van der Waals surface area contributed by atoms with Crippen molar-refractivity contribution in [1.82, 2.24) is 25.8 Å². The molecule has 2 aliphatic heterocycles. The van der Waals surface area contributed by atoms with Gasteiger partial charge in [0.1, 0.15) is 25.2 Å². The molecule has 2 saturated heterocycles. The number of carbonyl (C=O) groups excluding carboxylic acids is 5. The maximum Gasteiger partial charge on any atom is 0.243 e. The van der Waals surface area contributed by atoms with Crippen molar-refractivity contribution in [3.8, 4) is 0 Å². The molecular formula is C36H53N6O7+. The summed E-state index contributed by atoms with van der Waals surface area (Å²) in [4.78, 5) is 73.1. The number of aromatic nitrogens is 1. The number of fused-ring (bicyclic) bond motifs is 1. The average Bonchev–Trinajstić information content (AvgIpc) is 3.46. The predicted octanol–water partition coefficient (Wildman–Crippen LogP) is 1.98. The zero-order valence-electron chi connectivity index (χ0n) is 29.3. The second-order valence-electron chi connectivity index (χ2n) is 14.1. The van der Waals surface area contributed by atoms with Gasteiger partial charge in [-0.2, -0.15) is 0 Å². The van der Waals surface area contributed by atoms with E-state index in [1.807, 2.05) is 44.3 Å². The van der Waals surface area contributed by atoms with Crippen molar-refractivity contribution in [2.75, 3.05) is 53.5 Å². The van der Waals surface area contributed by atoms with Gasteiger partial charge in [0.15, 0.2) is 5.78 Å². The number of para-hydroxylation sites is 1. The standard InChI is InChI=1S/C36H52N6O7/c1-23(2)33-35(47)40-29(12-8-9-13-42(5)14-16-49-17-15-42)34(46)38-22-32(45)39-30(18-24(3)43)31(44)20-25(36(48)41(33)4)19-26-21-37-28-11-7-6-10-27(26)28/h6-7,10-11,21,23,25,29-30,33,37H,3,8-9,12-20,22H2,1-2,4-5H3,(H3-,38,39,40,43,45,46,47)/p+1/t25-,29?,30-,33-/m0/s1. The van der Waals surface area contributed by atoms with Crippen molar-refractivity contribution in [3.05, 3.63) is 48.4 Å².